The van der Waals surface area contributed by atoms with Gasteiger partial charge in [0.15, 0.2) is 9.84 Å². The lowest BCUT2D eigenvalue weighted by atomic mass is 9.95. The molecule has 1 saturated heterocycles. The summed E-state index contributed by atoms with van der Waals surface area (Å²) in [7, 11) is -2.80. The standard InChI is InChI=1S/C13H20BrNO2S2/c1-2-5-15-12(8-13-11(14)3-6-18-13)10-4-7-19(16,17)9-10/h3,6,10,12,15H,2,4-5,7-9H2,1H3. The molecule has 0 aliphatic carbocycles. The summed E-state index contributed by atoms with van der Waals surface area (Å²) in [6.07, 6.45) is 2.78. The fraction of sp³-hybridized carbons (Fsp3) is 0.692. The van der Waals surface area contributed by atoms with Crippen LogP contribution in [0.5, 0.6) is 0 Å². The van der Waals surface area contributed by atoms with E-state index in [1.54, 1.807) is 11.3 Å². The summed E-state index contributed by atoms with van der Waals surface area (Å²) in [5.74, 6) is 0.955. The zero-order chi connectivity index (χ0) is 13.9. The van der Waals surface area contributed by atoms with E-state index in [4.69, 9.17) is 0 Å². The number of halogens is 1. The summed E-state index contributed by atoms with van der Waals surface area (Å²) in [4.78, 5) is 1.30. The fourth-order valence-corrected chi connectivity index (χ4v) is 6.00. The summed E-state index contributed by atoms with van der Waals surface area (Å²) in [5.41, 5.74) is 0. The lowest BCUT2D eigenvalue weighted by Gasteiger charge is -2.23. The summed E-state index contributed by atoms with van der Waals surface area (Å²) >= 11 is 5.29. The van der Waals surface area contributed by atoms with Crippen molar-refractivity contribution in [3.8, 4) is 0 Å². The molecule has 0 aromatic carbocycles. The molecule has 108 valence electrons. The van der Waals surface area contributed by atoms with Crippen molar-refractivity contribution in [3.63, 3.8) is 0 Å². The highest BCUT2D eigenvalue weighted by Crippen LogP contribution is 2.29. The van der Waals surface area contributed by atoms with Crippen LogP contribution in [0.2, 0.25) is 0 Å². The van der Waals surface area contributed by atoms with Crippen LogP contribution < -0.4 is 5.32 Å². The second-order valence-electron chi connectivity index (χ2n) is 5.12. The first-order chi connectivity index (χ1) is 9.02. The normalized spacial score (nSPS) is 23.6. The van der Waals surface area contributed by atoms with Crippen molar-refractivity contribution in [2.75, 3.05) is 18.1 Å². The Balaban J connectivity index is 2.06. The predicted molar refractivity (Wildman–Crippen MR) is 84.6 cm³/mol. The van der Waals surface area contributed by atoms with Gasteiger partial charge in [0, 0.05) is 15.4 Å². The van der Waals surface area contributed by atoms with E-state index in [0.29, 0.717) is 11.5 Å². The van der Waals surface area contributed by atoms with Crippen LogP contribution in [0.3, 0.4) is 0 Å². The first kappa shape index (κ1) is 15.5. The van der Waals surface area contributed by atoms with Gasteiger partial charge < -0.3 is 5.32 Å². The first-order valence-electron chi connectivity index (χ1n) is 6.67. The molecule has 2 atom stereocenters. The Labute approximate surface area is 127 Å². The Kier molecular flexibility index (Phi) is 5.45. The third-order valence-corrected chi connectivity index (χ3v) is 7.33. The van der Waals surface area contributed by atoms with Crippen LogP contribution in [-0.2, 0) is 16.3 Å². The van der Waals surface area contributed by atoms with Gasteiger partial charge in [0.1, 0.15) is 0 Å². The molecule has 2 heterocycles. The molecule has 1 aromatic rings. The number of rotatable bonds is 6. The molecule has 1 N–H and O–H groups in total. The first-order valence-corrected chi connectivity index (χ1v) is 10.2. The number of nitrogens with one attached hydrogen (secondary N) is 1. The average molecular weight is 366 g/mol. The molecule has 2 unspecified atom stereocenters. The molecule has 2 rings (SSSR count). The molecule has 19 heavy (non-hydrogen) atoms. The zero-order valence-corrected chi connectivity index (χ0v) is 14.3. The molecule has 0 radical (unpaired) electrons. The molecule has 0 amide bonds. The monoisotopic (exact) mass is 365 g/mol. The molecule has 1 fully saturated rings. The van der Waals surface area contributed by atoms with Gasteiger partial charge in [-0.15, -0.1) is 11.3 Å². The van der Waals surface area contributed by atoms with Crippen molar-refractivity contribution >= 4 is 37.1 Å². The second-order valence-corrected chi connectivity index (χ2v) is 9.20. The maximum absolute atomic E-state index is 11.7. The van der Waals surface area contributed by atoms with Gasteiger partial charge in [-0.1, -0.05) is 6.92 Å². The Bertz CT molecular complexity index is 512. The second kappa shape index (κ2) is 6.70. The highest BCUT2D eigenvalue weighted by molar-refractivity contribution is 9.10. The van der Waals surface area contributed by atoms with E-state index in [-0.39, 0.29) is 12.0 Å². The number of hydrogen-bond donors (Lipinski definition) is 1. The van der Waals surface area contributed by atoms with Crippen molar-refractivity contribution in [1.29, 1.82) is 0 Å². The summed E-state index contributed by atoms with van der Waals surface area (Å²) in [5, 5.41) is 5.61. The van der Waals surface area contributed by atoms with Gasteiger partial charge in [-0.3, -0.25) is 0 Å². The van der Waals surface area contributed by atoms with Crippen LogP contribution in [0.25, 0.3) is 0 Å². The SMILES string of the molecule is CCCNC(Cc1sccc1Br)C1CCS(=O)(=O)C1. The van der Waals surface area contributed by atoms with Gasteiger partial charge in [0.05, 0.1) is 11.5 Å². The molecule has 1 aliphatic rings. The van der Waals surface area contributed by atoms with E-state index in [2.05, 4.69) is 39.6 Å². The fourth-order valence-electron chi connectivity index (χ4n) is 2.55. The van der Waals surface area contributed by atoms with E-state index in [0.717, 1.165) is 30.3 Å². The number of thiophene rings is 1. The lowest BCUT2D eigenvalue weighted by Crippen LogP contribution is -2.39. The van der Waals surface area contributed by atoms with Gasteiger partial charge in [-0.05, 0) is 59.1 Å². The summed E-state index contributed by atoms with van der Waals surface area (Å²) in [6.45, 7) is 3.08. The van der Waals surface area contributed by atoms with Crippen molar-refractivity contribution in [2.24, 2.45) is 5.92 Å². The highest BCUT2D eigenvalue weighted by atomic mass is 79.9. The molecular formula is C13H20BrNO2S2. The topological polar surface area (TPSA) is 46.2 Å². The number of hydrogen-bond acceptors (Lipinski definition) is 4. The largest absolute Gasteiger partial charge is 0.313 e. The smallest absolute Gasteiger partial charge is 0.150 e. The van der Waals surface area contributed by atoms with Crippen LogP contribution >= 0.6 is 27.3 Å². The number of sulfone groups is 1. The van der Waals surface area contributed by atoms with Crippen LogP contribution in [0.1, 0.15) is 24.6 Å². The molecule has 1 aliphatic heterocycles. The van der Waals surface area contributed by atoms with E-state index < -0.39 is 9.84 Å². The minimum absolute atomic E-state index is 0.255. The molecule has 0 bridgehead atoms. The van der Waals surface area contributed by atoms with Crippen molar-refractivity contribution in [1.82, 2.24) is 5.32 Å². The highest BCUT2D eigenvalue weighted by Gasteiger charge is 2.33. The van der Waals surface area contributed by atoms with Crippen LogP contribution in [0.4, 0.5) is 0 Å². The summed E-state index contributed by atoms with van der Waals surface area (Å²) < 4.78 is 24.4. The van der Waals surface area contributed by atoms with Crippen molar-refractivity contribution < 1.29 is 8.42 Å². The molecule has 1 aromatic heterocycles. The van der Waals surface area contributed by atoms with Gasteiger partial charge in [0.25, 0.3) is 0 Å². The van der Waals surface area contributed by atoms with E-state index in [1.807, 2.05) is 0 Å². The zero-order valence-electron chi connectivity index (χ0n) is 11.1. The minimum atomic E-state index is -2.80. The van der Waals surface area contributed by atoms with Gasteiger partial charge in [-0.2, -0.15) is 0 Å². The summed E-state index contributed by atoms with van der Waals surface area (Å²) in [6, 6.07) is 2.33. The predicted octanol–water partition coefficient (Wildman–Crippen LogP) is 2.86. The molecule has 0 spiro atoms. The van der Waals surface area contributed by atoms with E-state index in [9.17, 15) is 8.42 Å². The van der Waals surface area contributed by atoms with E-state index in [1.165, 1.54) is 4.88 Å². The Morgan fingerprint density at radius 3 is 2.89 bits per heavy atom. The third kappa shape index (κ3) is 4.28. The quantitative estimate of drug-likeness (QED) is 0.842. The van der Waals surface area contributed by atoms with Crippen molar-refractivity contribution in [3.05, 3.63) is 20.8 Å². The molecule has 6 heteroatoms. The molecular weight excluding hydrogens is 346 g/mol. The Morgan fingerprint density at radius 1 is 1.58 bits per heavy atom. The van der Waals surface area contributed by atoms with Gasteiger partial charge in [0.2, 0.25) is 0 Å². The van der Waals surface area contributed by atoms with Gasteiger partial charge in [-0.25, -0.2) is 8.42 Å². The third-order valence-electron chi connectivity index (χ3n) is 3.59. The molecule has 3 nitrogen and oxygen atoms in total. The average Bonchev–Trinajstić information content (AvgIpc) is 2.91. The van der Waals surface area contributed by atoms with Crippen LogP contribution in [-0.4, -0.2) is 32.5 Å². The Hall–Kier alpha value is 0.0900. The van der Waals surface area contributed by atoms with Crippen molar-refractivity contribution in [2.45, 2.75) is 32.2 Å². The lowest BCUT2D eigenvalue weighted by molar-refractivity contribution is 0.380. The maximum Gasteiger partial charge on any atom is 0.150 e. The van der Waals surface area contributed by atoms with Gasteiger partial charge >= 0.3 is 0 Å². The maximum atomic E-state index is 11.7. The Morgan fingerprint density at radius 2 is 2.37 bits per heavy atom. The van der Waals surface area contributed by atoms with E-state index >= 15 is 0 Å². The van der Waals surface area contributed by atoms with Crippen LogP contribution in [0.15, 0.2) is 15.9 Å². The molecule has 0 saturated carbocycles. The minimum Gasteiger partial charge on any atom is -0.313 e. The van der Waals surface area contributed by atoms with Crippen LogP contribution in [0, 0.1) is 5.92 Å².